The molecule has 1 N–H and O–H groups in total. The van der Waals surface area contributed by atoms with E-state index in [0.717, 1.165) is 0 Å². The summed E-state index contributed by atoms with van der Waals surface area (Å²) in [6, 6.07) is 6.57. The number of anilines is 1. The first-order chi connectivity index (χ1) is 9.27. The summed E-state index contributed by atoms with van der Waals surface area (Å²) in [5.74, 6) is -2.19. The molecule has 106 valence electrons. The van der Waals surface area contributed by atoms with Crippen molar-refractivity contribution in [3.8, 4) is 5.69 Å². The van der Waals surface area contributed by atoms with Crippen molar-refractivity contribution in [3.05, 3.63) is 41.0 Å². The van der Waals surface area contributed by atoms with Crippen molar-refractivity contribution < 1.29 is 18.0 Å². The number of alkyl halides is 3. The number of carbonyl (C=O) groups is 1. The molecule has 0 saturated heterocycles. The molecule has 1 aromatic carbocycles. The number of aryl methyl sites for hydroxylation is 1. The largest absolute Gasteiger partial charge is 0.471 e. The number of hydrogen-bond donors (Lipinski definition) is 1. The fourth-order valence-electron chi connectivity index (χ4n) is 1.49. The Kier molecular flexibility index (Phi) is 3.71. The summed E-state index contributed by atoms with van der Waals surface area (Å²) < 4.78 is 37.9. The second-order valence-corrected chi connectivity index (χ2v) is 4.47. The molecule has 0 atom stereocenters. The second kappa shape index (κ2) is 5.16. The zero-order valence-electron chi connectivity index (χ0n) is 10.2. The maximum Gasteiger partial charge on any atom is 0.471 e. The number of amides is 1. The summed E-state index contributed by atoms with van der Waals surface area (Å²) in [7, 11) is 0. The Bertz CT molecular complexity index is 634. The van der Waals surface area contributed by atoms with Gasteiger partial charge in [-0.25, -0.2) is 4.68 Å². The van der Waals surface area contributed by atoms with Crippen LogP contribution in [0, 0.1) is 6.92 Å². The van der Waals surface area contributed by atoms with Crippen LogP contribution >= 0.6 is 11.6 Å². The monoisotopic (exact) mass is 303 g/mol. The number of halogens is 4. The van der Waals surface area contributed by atoms with E-state index in [1.54, 1.807) is 36.5 Å². The first-order valence-electron chi connectivity index (χ1n) is 5.48. The lowest BCUT2D eigenvalue weighted by Crippen LogP contribution is -2.30. The van der Waals surface area contributed by atoms with Crippen molar-refractivity contribution in [3.63, 3.8) is 0 Å². The zero-order valence-corrected chi connectivity index (χ0v) is 11.0. The lowest BCUT2D eigenvalue weighted by Gasteiger charge is -2.05. The van der Waals surface area contributed by atoms with E-state index in [4.69, 9.17) is 11.6 Å². The van der Waals surface area contributed by atoms with E-state index in [-0.39, 0.29) is 5.82 Å². The normalized spacial score (nSPS) is 11.4. The van der Waals surface area contributed by atoms with Crippen molar-refractivity contribution in [2.24, 2.45) is 0 Å². The van der Waals surface area contributed by atoms with Crippen LogP contribution in [0.25, 0.3) is 5.69 Å². The minimum atomic E-state index is -4.95. The van der Waals surface area contributed by atoms with Crippen LogP contribution in [0.2, 0.25) is 5.02 Å². The van der Waals surface area contributed by atoms with E-state index in [2.05, 4.69) is 5.10 Å². The highest BCUT2D eigenvalue weighted by Gasteiger charge is 2.39. The van der Waals surface area contributed by atoms with Gasteiger partial charge in [-0.1, -0.05) is 11.6 Å². The molecule has 20 heavy (non-hydrogen) atoms. The molecule has 0 aliphatic rings. The zero-order chi connectivity index (χ0) is 14.9. The molecule has 0 radical (unpaired) electrons. The Morgan fingerprint density at radius 1 is 1.30 bits per heavy atom. The van der Waals surface area contributed by atoms with Crippen LogP contribution in [0.4, 0.5) is 19.0 Å². The van der Waals surface area contributed by atoms with Crippen LogP contribution < -0.4 is 5.32 Å². The molecule has 2 aromatic rings. The van der Waals surface area contributed by atoms with Crippen LogP contribution in [0.15, 0.2) is 30.5 Å². The Morgan fingerprint density at radius 3 is 2.45 bits per heavy atom. The predicted molar refractivity (Wildman–Crippen MR) is 68.0 cm³/mol. The number of aromatic nitrogens is 2. The van der Waals surface area contributed by atoms with Crippen LogP contribution in [0.3, 0.4) is 0 Å². The molecule has 0 unspecified atom stereocenters. The highest BCUT2D eigenvalue weighted by molar-refractivity contribution is 6.30. The fourth-order valence-corrected chi connectivity index (χ4v) is 1.61. The molecule has 2 rings (SSSR count). The third-order valence-corrected chi connectivity index (χ3v) is 2.73. The Labute approximate surface area is 117 Å². The predicted octanol–water partition coefficient (Wildman–Crippen LogP) is 3.33. The molecule has 4 nitrogen and oxygen atoms in total. The first-order valence-corrected chi connectivity index (χ1v) is 5.85. The highest BCUT2D eigenvalue weighted by atomic mass is 35.5. The van der Waals surface area contributed by atoms with E-state index in [9.17, 15) is 18.0 Å². The van der Waals surface area contributed by atoms with Crippen LogP contribution in [-0.4, -0.2) is 21.9 Å². The van der Waals surface area contributed by atoms with Gasteiger partial charge in [-0.05, 0) is 31.2 Å². The molecule has 0 aliphatic carbocycles. The number of carbonyl (C=O) groups excluding carboxylic acids is 1. The number of hydrogen-bond acceptors (Lipinski definition) is 2. The molecule has 0 spiro atoms. The van der Waals surface area contributed by atoms with Gasteiger partial charge in [0.25, 0.3) is 0 Å². The fraction of sp³-hybridized carbons (Fsp3) is 0.167. The Hall–Kier alpha value is -2.02. The van der Waals surface area contributed by atoms with Gasteiger partial charge in [0.1, 0.15) is 0 Å². The maximum atomic E-state index is 12.2. The van der Waals surface area contributed by atoms with E-state index < -0.39 is 12.1 Å². The summed E-state index contributed by atoms with van der Waals surface area (Å²) in [6.07, 6.45) is -3.44. The van der Waals surface area contributed by atoms with Crippen molar-refractivity contribution in [1.82, 2.24) is 9.78 Å². The van der Waals surface area contributed by atoms with Gasteiger partial charge in [-0.15, -0.1) is 5.10 Å². The van der Waals surface area contributed by atoms with Crippen molar-refractivity contribution >= 4 is 23.3 Å². The summed E-state index contributed by atoms with van der Waals surface area (Å²) in [4.78, 5) is 10.9. The number of rotatable bonds is 2. The summed E-state index contributed by atoms with van der Waals surface area (Å²) in [5.41, 5.74) is 1.03. The third kappa shape index (κ3) is 3.11. The molecule has 1 heterocycles. The van der Waals surface area contributed by atoms with Gasteiger partial charge >= 0.3 is 12.1 Å². The van der Waals surface area contributed by atoms with Crippen molar-refractivity contribution in [2.45, 2.75) is 13.1 Å². The summed E-state index contributed by atoms with van der Waals surface area (Å²) in [5, 5.41) is 6.17. The molecular weight excluding hydrogens is 295 g/mol. The highest BCUT2D eigenvalue weighted by Crippen LogP contribution is 2.21. The van der Waals surface area contributed by atoms with Gasteiger partial charge < -0.3 is 5.32 Å². The molecule has 0 aliphatic heterocycles. The van der Waals surface area contributed by atoms with E-state index in [1.165, 1.54) is 10.9 Å². The lowest BCUT2D eigenvalue weighted by molar-refractivity contribution is -0.167. The Balaban J connectivity index is 2.26. The SMILES string of the molecule is Cc1cn(-c2ccc(Cl)cc2)nc1NC(=O)C(F)(F)F. The molecule has 0 bridgehead atoms. The topological polar surface area (TPSA) is 46.9 Å². The van der Waals surface area contributed by atoms with E-state index in [1.807, 2.05) is 0 Å². The van der Waals surface area contributed by atoms with Gasteiger partial charge in [0.05, 0.1) is 5.69 Å². The van der Waals surface area contributed by atoms with Gasteiger partial charge in [0.15, 0.2) is 5.82 Å². The number of benzene rings is 1. The molecule has 0 fully saturated rings. The maximum absolute atomic E-state index is 12.2. The summed E-state index contributed by atoms with van der Waals surface area (Å²) in [6.45, 7) is 1.55. The Morgan fingerprint density at radius 2 is 1.90 bits per heavy atom. The van der Waals surface area contributed by atoms with Gasteiger partial charge in [0.2, 0.25) is 0 Å². The minimum absolute atomic E-state index is 0.137. The van der Waals surface area contributed by atoms with Gasteiger partial charge in [-0.2, -0.15) is 13.2 Å². The molecule has 8 heteroatoms. The number of nitrogens with zero attached hydrogens (tertiary/aromatic N) is 2. The number of nitrogens with one attached hydrogen (secondary N) is 1. The third-order valence-electron chi connectivity index (χ3n) is 2.48. The molecular formula is C12H9ClF3N3O. The van der Waals surface area contributed by atoms with E-state index in [0.29, 0.717) is 16.3 Å². The second-order valence-electron chi connectivity index (χ2n) is 4.03. The average molecular weight is 304 g/mol. The van der Waals surface area contributed by atoms with Crippen LogP contribution in [-0.2, 0) is 4.79 Å². The quantitative estimate of drug-likeness (QED) is 0.925. The first kappa shape index (κ1) is 14.4. The molecule has 1 aromatic heterocycles. The van der Waals surface area contributed by atoms with Crippen LogP contribution in [0.1, 0.15) is 5.56 Å². The van der Waals surface area contributed by atoms with Gasteiger partial charge in [0, 0.05) is 16.8 Å². The van der Waals surface area contributed by atoms with Crippen LogP contribution in [0.5, 0.6) is 0 Å². The average Bonchev–Trinajstić information content (AvgIpc) is 2.70. The molecule has 1 amide bonds. The van der Waals surface area contributed by atoms with Gasteiger partial charge in [-0.3, -0.25) is 4.79 Å². The standard InChI is InChI=1S/C12H9ClF3N3O/c1-7-6-19(9-4-2-8(13)3-5-9)18-10(7)17-11(20)12(14,15)16/h2-6H,1H3,(H,17,18,20). The van der Waals surface area contributed by atoms with Crippen molar-refractivity contribution in [2.75, 3.05) is 5.32 Å². The van der Waals surface area contributed by atoms with Crippen molar-refractivity contribution in [1.29, 1.82) is 0 Å². The smallest absolute Gasteiger partial charge is 0.301 e. The lowest BCUT2D eigenvalue weighted by atomic mass is 10.3. The minimum Gasteiger partial charge on any atom is -0.301 e. The van der Waals surface area contributed by atoms with E-state index >= 15 is 0 Å². The summed E-state index contributed by atoms with van der Waals surface area (Å²) >= 11 is 5.74. The molecule has 0 saturated carbocycles.